The van der Waals surface area contributed by atoms with E-state index in [1.54, 1.807) is 13.8 Å². The van der Waals surface area contributed by atoms with Gasteiger partial charge in [0.15, 0.2) is 0 Å². The fourth-order valence-corrected chi connectivity index (χ4v) is 2.29. The number of hydrogen-bond donors (Lipinski definition) is 3. The van der Waals surface area contributed by atoms with Crippen LogP contribution < -0.4 is 16.6 Å². The minimum absolute atomic E-state index is 0.0242. The first-order valence-electron chi connectivity index (χ1n) is 8.51. The number of carbonyl (C=O) groups is 1. The predicted molar refractivity (Wildman–Crippen MR) is 102 cm³/mol. The number of benzene rings is 1. The number of H-pyrrole nitrogens is 1. The van der Waals surface area contributed by atoms with Crippen molar-refractivity contribution >= 4 is 12.1 Å². The van der Waals surface area contributed by atoms with Gasteiger partial charge < -0.3 is 16.0 Å². The second-order valence-electron chi connectivity index (χ2n) is 6.58. The Morgan fingerprint density at radius 2 is 1.93 bits per heavy atom. The molecule has 10 heteroatoms. The third-order valence-electron chi connectivity index (χ3n) is 3.88. The Morgan fingerprint density at radius 1 is 1.28 bits per heavy atom. The van der Waals surface area contributed by atoms with Gasteiger partial charge in [0.05, 0.1) is 5.56 Å². The number of alkyl halides is 3. The van der Waals surface area contributed by atoms with Gasteiger partial charge in [-0.05, 0) is 43.8 Å². The number of nitrogens with one attached hydrogen (secondary N) is 2. The molecular formula is C19H20F3N5O2. The van der Waals surface area contributed by atoms with Crippen molar-refractivity contribution in [2.24, 2.45) is 10.7 Å². The van der Waals surface area contributed by atoms with Crippen LogP contribution in [0, 0.1) is 0 Å². The van der Waals surface area contributed by atoms with Crippen molar-refractivity contribution in [3.8, 4) is 0 Å². The highest BCUT2D eigenvalue weighted by Crippen LogP contribution is 2.29. The van der Waals surface area contributed by atoms with Crippen molar-refractivity contribution in [2.75, 3.05) is 0 Å². The van der Waals surface area contributed by atoms with Gasteiger partial charge in [-0.25, -0.2) is 4.98 Å². The Hall–Kier alpha value is -3.43. The van der Waals surface area contributed by atoms with E-state index in [2.05, 4.69) is 20.3 Å². The van der Waals surface area contributed by atoms with Crippen LogP contribution in [0.15, 0.2) is 52.4 Å². The minimum atomic E-state index is -4.43. The average molecular weight is 407 g/mol. The van der Waals surface area contributed by atoms with E-state index in [1.807, 2.05) is 0 Å². The lowest BCUT2D eigenvalue weighted by Crippen LogP contribution is -2.29. The number of hydrogen-bond acceptors (Lipinski definition) is 5. The molecule has 1 aromatic carbocycles. The van der Waals surface area contributed by atoms with Crippen molar-refractivity contribution in [3.63, 3.8) is 0 Å². The van der Waals surface area contributed by atoms with Crippen LogP contribution in [0.2, 0.25) is 0 Å². The summed E-state index contributed by atoms with van der Waals surface area (Å²) >= 11 is 0. The lowest BCUT2D eigenvalue weighted by atomic mass is 10.1. The highest BCUT2D eigenvalue weighted by Gasteiger charge is 2.30. The maximum atomic E-state index is 12.6. The lowest BCUT2D eigenvalue weighted by molar-refractivity contribution is -0.137. The number of aromatic nitrogens is 2. The number of aliphatic imine (C=N–C) groups is 1. The normalized spacial score (nSPS) is 12.6. The quantitative estimate of drug-likeness (QED) is 0.639. The summed E-state index contributed by atoms with van der Waals surface area (Å²) in [4.78, 5) is 35.2. The number of halogens is 3. The van der Waals surface area contributed by atoms with Gasteiger partial charge in [0.1, 0.15) is 17.1 Å². The van der Waals surface area contributed by atoms with E-state index >= 15 is 0 Å². The van der Waals surface area contributed by atoms with Gasteiger partial charge >= 0.3 is 6.18 Å². The van der Waals surface area contributed by atoms with Crippen molar-refractivity contribution in [3.05, 3.63) is 75.6 Å². The van der Waals surface area contributed by atoms with Crippen molar-refractivity contribution in [1.29, 1.82) is 0 Å². The molecule has 0 radical (unpaired) electrons. The van der Waals surface area contributed by atoms with Crippen LogP contribution in [0.4, 0.5) is 13.2 Å². The van der Waals surface area contributed by atoms with Gasteiger partial charge in [0.2, 0.25) is 0 Å². The van der Waals surface area contributed by atoms with Crippen LogP contribution in [0.25, 0.3) is 0 Å². The monoisotopic (exact) mass is 407 g/mol. The summed E-state index contributed by atoms with van der Waals surface area (Å²) in [6, 6.07) is 5.43. The molecular weight excluding hydrogens is 387 g/mol. The molecule has 0 fully saturated rings. The summed E-state index contributed by atoms with van der Waals surface area (Å²) in [5, 5.41) is 2.53. The first kappa shape index (κ1) is 21.9. The molecule has 1 amide bonds. The van der Waals surface area contributed by atoms with E-state index in [0.29, 0.717) is 5.56 Å². The fourth-order valence-electron chi connectivity index (χ4n) is 2.29. The van der Waals surface area contributed by atoms with Crippen LogP contribution in [0.1, 0.15) is 41.3 Å². The SMILES string of the molecule is CC(C)(N=CC=CN)c1nc(C(=O)NCc2ccc(C(F)(F)F)cc2)cc(=O)[nH]1. The van der Waals surface area contributed by atoms with Crippen LogP contribution in [-0.4, -0.2) is 22.1 Å². The number of carbonyl (C=O) groups excluding carboxylic acids is 1. The molecule has 29 heavy (non-hydrogen) atoms. The van der Waals surface area contributed by atoms with Crippen LogP contribution >= 0.6 is 0 Å². The number of nitrogens with two attached hydrogens (primary N) is 1. The Kier molecular flexibility index (Phi) is 6.57. The maximum Gasteiger partial charge on any atom is 0.416 e. The third-order valence-corrected chi connectivity index (χ3v) is 3.88. The zero-order valence-electron chi connectivity index (χ0n) is 15.7. The van der Waals surface area contributed by atoms with Crippen LogP contribution in [-0.2, 0) is 18.3 Å². The molecule has 4 N–H and O–H groups in total. The van der Waals surface area contributed by atoms with Gasteiger partial charge in [0.25, 0.3) is 11.5 Å². The molecule has 0 aliphatic carbocycles. The first-order valence-corrected chi connectivity index (χ1v) is 8.51. The number of aromatic amines is 1. The summed E-state index contributed by atoms with van der Waals surface area (Å²) in [6.07, 6.45) is -0.193. The minimum Gasteiger partial charge on any atom is -0.405 e. The highest BCUT2D eigenvalue weighted by atomic mass is 19.4. The molecule has 1 aromatic heterocycles. The maximum absolute atomic E-state index is 12.6. The molecule has 0 saturated heterocycles. The molecule has 0 spiro atoms. The summed E-state index contributed by atoms with van der Waals surface area (Å²) in [5.74, 6) is -0.467. The van der Waals surface area contributed by atoms with Crippen molar-refractivity contribution in [2.45, 2.75) is 32.1 Å². The predicted octanol–water partition coefficient (Wildman–Crippen LogP) is 2.50. The van der Waals surface area contributed by atoms with E-state index in [9.17, 15) is 22.8 Å². The van der Waals surface area contributed by atoms with Crippen molar-refractivity contribution < 1.29 is 18.0 Å². The van der Waals surface area contributed by atoms with E-state index in [-0.39, 0.29) is 18.1 Å². The molecule has 7 nitrogen and oxygen atoms in total. The Balaban J connectivity index is 2.15. The molecule has 0 aliphatic rings. The van der Waals surface area contributed by atoms with Gasteiger partial charge in [-0.15, -0.1) is 0 Å². The summed E-state index contributed by atoms with van der Waals surface area (Å²) < 4.78 is 37.8. The molecule has 2 aromatic rings. The number of nitrogens with zero attached hydrogens (tertiary/aromatic N) is 2. The van der Waals surface area contributed by atoms with E-state index in [1.165, 1.54) is 30.6 Å². The Bertz CT molecular complexity index is 977. The summed E-state index contributed by atoms with van der Waals surface area (Å²) in [5.41, 5.74) is 3.34. The standard InChI is InChI=1S/C19H20F3N5O2/c1-18(2,25-9-3-8-23)17-26-14(10-15(28)27-17)16(29)24-11-12-4-6-13(7-5-12)19(20,21)22/h3-10H,11,23H2,1-2H3,(H,24,29)(H,26,27,28). The first-order chi connectivity index (χ1) is 13.5. The van der Waals surface area contributed by atoms with Gasteiger partial charge in [-0.3, -0.25) is 14.6 Å². The Morgan fingerprint density at radius 3 is 2.52 bits per heavy atom. The average Bonchev–Trinajstić information content (AvgIpc) is 2.65. The summed E-state index contributed by atoms with van der Waals surface area (Å²) in [6.45, 7) is 3.36. The molecule has 0 aliphatic heterocycles. The van der Waals surface area contributed by atoms with Crippen LogP contribution in [0.5, 0.6) is 0 Å². The van der Waals surface area contributed by atoms with E-state index in [0.717, 1.165) is 18.2 Å². The molecule has 2 rings (SSSR count). The molecule has 1 heterocycles. The second-order valence-corrected chi connectivity index (χ2v) is 6.58. The summed E-state index contributed by atoms with van der Waals surface area (Å²) in [7, 11) is 0. The smallest absolute Gasteiger partial charge is 0.405 e. The zero-order chi connectivity index (χ0) is 21.7. The van der Waals surface area contributed by atoms with Crippen LogP contribution in [0.3, 0.4) is 0 Å². The number of amides is 1. The van der Waals surface area contributed by atoms with Gasteiger partial charge in [-0.2, -0.15) is 13.2 Å². The highest BCUT2D eigenvalue weighted by molar-refractivity contribution is 5.92. The Labute approximate surface area is 164 Å². The second kappa shape index (κ2) is 8.72. The third kappa shape index (κ3) is 6.03. The molecule has 0 unspecified atom stereocenters. The largest absolute Gasteiger partial charge is 0.416 e. The van der Waals surface area contributed by atoms with Crippen molar-refractivity contribution in [1.82, 2.24) is 15.3 Å². The zero-order valence-corrected chi connectivity index (χ0v) is 15.7. The molecule has 154 valence electrons. The van der Waals surface area contributed by atoms with E-state index in [4.69, 9.17) is 5.73 Å². The van der Waals surface area contributed by atoms with Gasteiger partial charge in [-0.1, -0.05) is 12.1 Å². The molecule has 0 saturated carbocycles. The number of allylic oxidation sites excluding steroid dienone is 1. The van der Waals surface area contributed by atoms with Gasteiger partial charge in [0, 0.05) is 18.8 Å². The topological polar surface area (TPSA) is 113 Å². The lowest BCUT2D eigenvalue weighted by Gasteiger charge is -2.18. The fraction of sp³-hybridized carbons (Fsp3) is 0.263. The van der Waals surface area contributed by atoms with E-state index < -0.39 is 28.7 Å². The molecule has 0 bridgehead atoms. The number of rotatable bonds is 6. The molecule has 0 atom stereocenters.